The van der Waals surface area contributed by atoms with Crippen LogP contribution in [0, 0.1) is 17.2 Å². The van der Waals surface area contributed by atoms with Gasteiger partial charge in [-0.25, -0.2) is 9.78 Å². The SMILES string of the molecule is CN1CCN(C(=O)C2CCN(Cc3ccc(C(=O)NN(c4nc(C#N)ncc4Br)C4CCCC4)cc3)CC2)CC1.O=C(O)C(F)(F)F. The van der Waals surface area contributed by atoms with Crippen LogP contribution in [0.5, 0.6) is 0 Å². The molecular weight excluding hydrogens is 685 g/mol. The zero-order chi connectivity index (χ0) is 34.1. The average molecular weight is 724 g/mol. The standard InChI is InChI=1S/C29H37BrN8O2.C2HF3O2/c1-35-14-16-37(17-15-35)29(40)23-10-12-36(13-11-23)20-21-6-8-22(9-7-21)28(39)34-38(24-4-2-3-5-24)27-25(30)19-32-26(18-31)33-27;3-2(4,5)1(6)7/h6-9,19,23-24H,2-5,10-17,20H2,1H3,(H,34,39);(H,6,7). The maximum Gasteiger partial charge on any atom is 0.490 e. The minimum absolute atomic E-state index is 0.0625. The quantitative estimate of drug-likeness (QED) is 0.405. The van der Waals surface area contributed by atoms with Crippen molar-refractivity contribution in [1.29, 1.82) is 5.26 Å². The highest BCUT2D eigenvalue weighted by atomic mass is 79.9. The first-order chi connectivity index (χ1) is 22.3. The van der Waals surface area contributed by atoms with Crippen LogP contribution in [0.3, 0.4) is 0 Å². The number of carboxylic acids is 1. The molecule has 0 unspecified atom stereocenters. The number of piperidine rings is 1. The van der Waals surface area contributed by atoms with Crippen LogP contribution in [-0.2, 0) is 16.1 Å². The second-order valence-electron chi connectivity index (χ2n) is 11.9. The van der Waals surface area contributed by atoms with Crippen molar-refractivity contribution in [2.24, 2.45) is 5.92 Å². The lowest BCUT2D eigenvalue weighted by molar-refractivity contribution is -0.192. The van der Waals surface area contributed by atoms with Crippen LogP contribution in [0.4, 0.5) is 19.0 Å². The molecule has 12 nitrogen and oxygen atoms in total. The van der Waals surface area contributed by atoms with E-state index in [1.807, 2.05) is 35.2 Å². The molecule has 47 heavy (non-hydrogen) atoms. The van der Waals surface area contributed by atoms with Crippen LogP contribution in [-0.4, -0.2) is 106 Å². The summed E-state index contributed by atoms with van der Waals surface area (Å²) >= 11 is 3.49. The fourth-order valence-corrected chi connectivity index (χ4v) is 6.26. The highest BCUT2D eigenvalue weighted by molar-refractivity contribution is 9.10. The summed E-state index contributed by atoms with van der Waals surface area (Å²) in [5, 5.41) is 18.2. The van der Waals surface area contributed by atoms with Crippen LogP contribution in [0.15, 0.2) is 34.9 Å². The van der Waals surface area contributed by atoms with Gasteiger partial charge < -0.3 is 14.9 Å². The molecule has 16 heteroatoms. The number of likely N-dealkylation sites (tertiary alicyclic amines) is 1. The first-order valence-corrected chi connectivity index (χ1v) is 16.3. The van der Waals surface area contributed by atoms with Gasteiger partial charge in [-0.05, 0) is 79.4 Å². The number of likely N-dealkylation sites (N-methyl/N-ethyl adjacent to an activating group) is 1. The van der Waals surface area contributed by atoms with Gasteiger partial charge in [0.05, 0.1) is 10.5 Å². The fourth-order valence-electron chi connectivity index (χ4n) is 5.88. The Labute approximate surface area is 279 Å². The van der Waals surface area contributed by atoms with E-state index in [1.54, 1.807) is 11.2 Å². The van der Waals surface area contributed by atoms with Crippen LogP contribution in [0.2, 0.25) is 0 Å². The molecule has 254 valence electrons. The molecule has 1 aromatic heterocycles. The van der Waals surface area contributed by atoms with Crippen molar-refractivity contribution in [1.82, 2.24) is 30.1 Å². The minimum Gasteiger partial charge on any atom is -0.475 e. The second kappa shape index (κ2) is 16.3. The zero-order valence-electron chi connectivity index (χ0n) is 26.0. The smallest absolute Gasteiger partial charge is 0.475 e. The van der Waals surface area contributed by atoms with Crippen molar-refractivity contribution in [3.63, 3.8) is 0 Å². The number of piperazine rings is 1. The van der Waals surface area contributed by atoms with E-state index >= 15 is 0 Å². The van der Waals surface area contributed by atoms with Crippen LogP contribution in [0.25, 0.3) is 0 Å². The van der Waals surface area contributed by atoms with E-state index in [-0.39, 0.29) is 23.7 Å². The number of nitrogens with one attached hydrogen (secondary N) is 1. The number of aromatic nitrogens is 2. The van der Waals surface area contributed by atoms with Crippen LogP contribution < -0.4 is 10.4 Å². The number of carbonyl (C=O) groups is 3. The summed E-state index contributed by atoms with van der Waals surface area (Å²) in [6, 6.07) is 9.81. The molecule has 5 rings (SSSR count). The number of nitriles is 1. The van der Waals surface area contributed by atoms with E-state index in [2.05, 4.69) is 48.2 Å². The molecule has 2 N–H and O–H groups in total. The Morgan fingerprint density at radius 2 is 1.64 bits per heavy atom. The van der Waals surface area contributed by atoms with Crippen LogP contribution >= 0.6 is 15.9 Å². The molecule has 1 aliphatic carbocycles. The number of benzene rings is 1. The highest BCUT2D eigenvalue weighted by Gasteiger charge is 2.38. The van der Waals surface area contributed by atoms with Gasteiger partial charge in [-0.3, -0.25) is 24.9 Å². The lowest BCUT2D eigenvalue weighted by atomic mass is 9.94. The molecule has 2 aromatic rings. The third-order valence-electron chi connectivity index (χ3n) is 8.58. The molecule has 2 saturated heterocycles. The number of halogens is 4. The number of alkyl halides is 3. The van der Waals surface area contributed by atoms with E-state index in [1.165, 1.54) is 0 Å². The van der Waals surface area contributed by atoms with Gasteiger partial charge in [0.25, 0.3) is 5.91 Å². The predicted octanol–water partition coefficient (Wildman–Crippen LogP) is 3.82. The Hall–Kier alpha value is -3.81. The summed E-state index contributed by atoms with van der Waals surface area (Å²) < 4.78 is 32.4. The number of amides is 2. The maximum absolute atomic E-state index is 13.3. The summed E-state index contributed by atoms with van der Waals surface area (Å²) in [6.07, 6.45) is 2.31. The number of hydrazine groups is 1. The van der Waals surface area contributed by atoms with Crippen molar-refractivity contribution in [2.45, 2.75) is 57.3 Å². The van der Waals surface area contributed by atoms with E-state index < -0.39 is 12.1 Å². The van der Waals surface area contributed by atoms with Crippen LogP contribution in [0.1, 0.15) is 60.3 Å². The zero-order valence-corrected chi connectivity index (χ0v) is 27.6. The van der Waals surface area contributed by atoms with Crippen molar-refractivity contribution in [3.05, 3.63) is 51.9 Å². The number of anilines is 1. The van der Waals surface area contributed by atoms with Gasteiger partial charge in [0.15, 0.2) is 5.82 Å². The molecule has 0 atom stereocenters. The molecule has 1 saturated carbocycles. The Morgan fingerprint density at radius 1 is 1.04 bits per heavy atom. The lowest BCUT2D eigenvalue weighted by Gasteiger charge is -2.37. The third-order valence-corrected chi connectivity index (χ3v) is 9.14. The molecule has 2 aliphatic heterocycles. The number of rotatable bonds is 7. The predicted molar refractivity (Wildman–Crippen MR) is 169 cm³/mol. The molecular formula is C31H38BrF3N8O4. The number of hydrogen-bond donors (Lipinski definition) is 2. The van der Waals surface area contributed by atoms with E-state index in [9.17, 15) is 28.0 Å². The molecule has 3 aliphatic rings. The molecule has 3 heterocycles. The Bertz CT molecular complexity index is 1430. The maximum atomic E-state index is 13.3. The molecule has 2 amide bonds. The molecule has 0 spiro atoms. The van der Waals surface area contributed by atoms with Gasteiger partial charge in [0.2, 0.25) is 11.7 Å². The minimum atomic E-state index is -5.08. The van der Waals surface area contributed by atoms with Crippen molar-refractivity contribution >= 4 is 39.5 Å². The topological polar surface area (TPSA) is 146 Å². The fraction of sp³-hybridized carbons (Fsp3) is 0.548. The second-order valence-corrected chi connectivity index (χ2v) is 12.8. The normalized spacial score (nSPS) is 18.2. The third kappa shape index (κ3) is 10.1. The number of hydrogen-bond acceptors (Lipinski definition) is 9. The highest BCUT2D eigenvalue weighted by Crippen LogP contribution is 2.30. The average Bonchev–Trinajstić information content (AvgIpc) is 3.59. The number of nitrogens with zero attached hydrogens (tertiary/aromatic N) is 7. The number of aliphatic carboxylic acids is 1. The first kappa shape index (κ1) is 36.0. The van der Waals surface area contributed by atoms with Gasteiger partial charge in [-0.2, -0.15) is 23.4 Å². The number of carbonyl (C=O) groups excluding carboxylic acids is 2. The number of carboxylic acid groups (broad SMARTS) is 1. The monoisotopic (exact) mass is 722 g/mol. The summed E-state index contributed by atoms with van der Waals surface area (Å²) in [5.41, 5.74) is 4.75. The van der Waals surface area contributed by atoms with Crippen molar-refractivity contribution in [2.75, 3.05) is 51.3 Å². The van der Waals surface area contributed by atoms with E-state index in [0.29, 0.717) is 21.8 Å². The largest absolute Gasteiger partial charge is 0.490 e. The molecule has 1 aromatic carbocycles. The van der Waals surface area contributed by atoms with Gasteiger partial charge in [0.1, 0.15) is 6.07 Å². The summed E-state index contributed by atoms with van der Waals surface area (Å²) in [5.74, 6) is -1.95. The van der Waals surface area contributed by atoms with Crippen molar-refractivity contribution in [3.8, 4) is 6.07 Å². The van der Waals surface area contributed by atoms with Gasteiger partial charge in [0, 0.05) is 50.4 Å². The summed E-state index contributed by atoms with van der Waals surface area (Å²) in [4.78, 5) is 50.2. The van der Waals surface area contributed by atoms with E-state index in [4.69, 9.17) is 9.90 Å². The first-order valence-electron chi connectivity index (χ1n) is 15.5. The molecule has 0 radical (unpaired) electrons. The summed E-state index contributed by atoms with van der Waals surface area (Å²) in [7, 11) is 2.11. The van der Waals surface area contributed by atoms with Gasteiger partial charge in [-0.15, -0.1) is 0 Å². The lowest BCUT2D eigenvalue weighted by Crippen LogP contribution is -2.50. The Kier molecular flexibility index (Phi) is 12.5. The van der Waals surface area contributed by atoms with E-state index in [0.717, 1.165) is 89.9 Å². The molecule has 0 bridgehead atoms. The van der Waals surface area contributed by atoms with Crippen molar-refractivity contribution < 1.29 is 32.7 Å². The van der Waals surface area contributed by atoms with Gasteiger partial charge in [-0.1, -0.05) is 25.0 Å². The Morgan fingerprint density at radius 3 is 2.19 bits per heavy atom. The summed E-state index contributed by atoms with van der Waals surface area (Å²) in [6.45, 7) is 6.20. The van der Waals surface area contributed by atoms with Gasteiger partial charge >= 0.3 is 12.1 Å². The Balaban J connectivity index is 0.000000644. The molecule has 3 fully saturated rings.